The molecule has 0 saturated heterocycles. The highest BCUT2D eigenvalue weighted by atomic mass is 35.5. The number of hydrogen-bond donors (Lipinski definition) is 1. The number of rotatable bonds is 4. The molecule has 2 N–H and O–H groups in total. The van der Waals surface area contributed by atoms with Gasteiger partial charge in [-0.15, -0.1) is 0 Å². The van der Waals surface area contributed by atoms with Crippen molar-refractivity contribution in [1.82, 2.24) is 9.78 Å². The van der Waals surface area contributed by atoms with Gasteiger partial charge in [0.05, 0.1) is 12.8 Å². The zero-order valence-corrected chi connectivity index (χ0v) is 12.2. The number of hydrogen-bond acceptors (Lipinski definition) is 3. The molecule has 0 bridgehead atoms. The number of methoxy groups -OCH3 is 1. The highest BCUT2D eigenvalue weighted by molar-refractivity contribution is 6.31. The number of benzene rings is 1. The maximum atomic E-state index is 6.11. The molecule has 0 unspecified atom stereocenters. The van der Waals surface area contributed by atoms with E-state index in [4.69, 9.17) is 22.1 Å². The molecule has 0 atom stereocenters. The van der Waals surface area contributed by atoms with Crippen LogP contribution in [0.1, 0.15) is 24.6 Å². The van der Waals surface area contributed by atoms with E-state index in [0.29, 0.717) is 16.6 Å². The van der Waals surface area contributed by atoms with Crippen LogP contribution in [-0.4, -0.2) is 16.9 Å². The second kappa shape index (κ2) is 5.53. The van der Waals surface area contributed by atoms with Crippen molar-refractivity contribution in [3.05, 3.63) is 34.5 Å². The largest absolute Gasteiger partial charge is 0.494 e. The first-order valence-corrected chi connectivity index (χ1v) is 6.63. The summed E-state index contributed by atoms with van der Waals surface area (Å²) in [6.45, 7) is 4.06. The zero-order chi connectivity index (χ0) is 14.0. The fourth-order valence-corrected chi connectivity index (χ4v) is 2.15. The topological polar surface area (TPSA) is 53.1 Å². The molecule has 0 aliphatic carbocycles. The highest BCUT2D eigenvalue weighted by Gasteiger charge is 2.13. The number of anilines is 1. The SMILES string of the molecule is CCCc1cc(N)n(-c2cc(C)c(Cl)cc2OC)n1. The maximum Gasteiger partial charge on any atom is 0.146 e. The number of nitrogens with two attached hydrogens (primary N) is 1. The Balaban J connectivity index is 2.54. The molecule has 0 aliphatic rings. The van der Waals surface area contributed by atoms with Gasteiger partial charge in [0.25, 0.3) is 0 Å². The van der Waals surface area contributed by atoms with E-state index in [-0.39, 0.29) is 0 Å². The maximum absolute atomic E-state index is 6.11. The molecule has 0 spiro atoms. The van der Waals surface area contributed by atoms with Gasteiger partial charge in [0.15, 0.2) is 0 Å². The van der Waals surface area contributed by atoms with Gasteiger partial charge < -0.3 is 10.5 Å². The molecule has 2 aromatic rings. The van der Waals surface area contributed by atoms with Crippen LogP contribution in [0.4, 0.5) is 5.82 Å². The van der Waals surface area contributed by atoms with Crippen molar-refractivity contribution in [2.45, 2.75) is 26.7 Å². The summed E-state index contributed by atoms with van der Waals surface area (Å²) >= 11 is 6.11. The number of aromatic nitrogens is 2. The third-order valence-electron chi connectivity index (χ3n) is 2.98. The summed E-state index contributed by atoms with van der Waals surface area (Å²) in [6, 6.07) is 5.61. The fraction of sp³-hybridized carbons (Fsp3) is 0.357. The van der Waals surface area contributed by atoms with Crippen LogP contribution in [0.25, 0.3) is 5.69 Å². The Morgan fingerprint density at radius 3 is 2.74 bits per heavy atom. The Morgan fingerprint density at radius 2 is 2.11 bits per heavy atom. The van der Waals surface area contributed by atoms with Crippen molar-refractivity contribution in [2.75, 3.05) is 12.8 Å². The van der Waals surface area contributed by atoms with Crippen molar-refractivity contribution in [1.29, 1.82) is 0 Å². The normalized spacial score (nSPS) is 10.7. The Bertz CT molecular complexity index is 593. The van der Waals surface area contributed by atoms with E-state index in [1.807, 2.05) is 19.1 Å². The minimum absolute atomic E-state index is 0.600. The van der Waals surface area contributed by atoms with Gasteiger partial charge >= 0.3 is 0 Å². The molecule has 1 heterocycles. The lowest BCUT2D eigenvalue weighted by molar-refractivity contribution is 0.411. The predicted octanol–water partition coefficient (Wildman–Crippen LogP) is 3.38. The van der Waals surface area contributed by atoms with Crippen LogP contribution in [0.5, 0.6) is 5.75 Å². The molecule has 19 heavy (non-hydrogen) atoms. The van der Waals surface area contributed by atoms with Gasteiger partial charge in [0, 0.05) is 17.2 Å². The number of nitrogens with zero attached hydrogens (tertiary/aromatic N) is 2. The van der Waals surface area contributed by atoms with Crippen molar-refractivity contribution in [3.8, 4) is 11.4 Å². The van der Waals surface area contributed by atoms with Gasteiger partial charge in [0.1, 0.15) is 17.3 Å². The molecule has 1 aromatic carbocycles. The van der Waals surface area contributed by atoms with E-state index in [1.54, 1.807) is 17.9 Å². The Hall–Kier alpha value is -1.68. The average molecular weight is 280 g/mol. The second-order valence-corrected chi connectivity index (χ2v) is 4.90. The van der Waals surface area contributed by atoms with E-state index < -0.39 is 0 Å². The van der Waals surface area contributed by atoms with E-state index in [1.165, 1.54) is 0 Å². The van der Waals surface area contributed by atoms with Crippen LogP contribution in [0, 0.1) is 6.92 Å². The molecule has 0 amide bonds. The van der Waals surface area contributed by atoms with E-state index in [9.17, 15) is 0 Å². The second-order valence-electron chi connectivity index (χ2n) is 4.50. The quantitative estimate of drug-likeness (QED) is 0.933. The molecule has 2 rings (SSSR count). The minimum atomic E-state index is 0.600. The highest BCUT2D eigenvalue weighted by Crippen LogP contribution is 2.31. The zero-order valence-electron chi connectivity index (χ0n) is 11.4. The molecule has 4 nitrogen and oxygen atoms in total. The summed E-state index contributed by atoms with van der Waals surface area (Å²) in [4.78, 5) is 0. The third kappa shape index (κ3) is 2.68. The van der Waals surface area contributed by atoms with Crippen LogP contribution < -0.4 is 10.5 Å². The molecule has 102 valence electrons. The molecule has 5 heteroatoms. The summed E-state index contributed by atoms with van der Waals surface area (Å²) in [5.74, 6) is 1.26. The van der Waals surface area contributed by atoms with Crippen LogP contribution in [0.3, 0.4) is 0 Å². The first-order chi connectivity index (χ1) is 9.06. The Labute approximate surface area is 118 Å². The van der Waals surface area contributed by atoms with Crippen molar-refractivity contribution in [2.24, 2.45) is 0 Å². The van der Waals surface area contributed by atoms with Gasteiger partial charge in [-0.3, -0.25) is 0 Å². The molecular formula is C14H18ClN3O. The van der Waals surface area contributed by atoms with Gasteiger partial charge in [0.2, 0.25) is 0 Å². The van der Waals surface area contributed by atoms with Crippen LogP contribution in [-0.2, 0) is 6.42 Å². The third-order valence-corrected chi connectivity index (χ3v) is 3.39. The predicted molar refractivity (Wildman–Crippen MR) is 78.3 cm³/mol. The number of ether oxygens (including phenoxy) is 1. The van der Waals surface area contributed by atoms with Gasteiger partial charge in [-0.05, 0) is 25.0 Å². The fourth-order valence-electron chi connectivity index (χ4n) is 2.00. The summed E-state index contributed by atoms with van der Waals surface area (Å²) in [7, 11) is 1.61. The average Bonchev–Trinajstić information content (AvgIpc) is 2.73. The van der Waals surface area contributed by atoms with Crippen molar-refractivity contribution >= 4 is 17.4 Å². The van der Waals surface area contributed by atoms with Gasteiger partial charge in [-0.2, -0.15) is 5.10 Å². The van der Waals surface area contributed by atoms with E-state index >= 15 is 0 Å². The summed E-state index contributed by atoms with van der Waals surface area (Å²) in [5.41, 5.74) is 8.78. The molecule has 0 saturated carbocycles. The van der Waals surface area contributed by atoms with Crippen molar-refractivity contribution in [3.63, 3.8) is 0 Å². The molecule has 0 fully saturated rings. The van der Waals surface area contributed by atoms with Gasteiger partial charge in [-0.25, -0.2) is 4.68 Å². The smallest absolute Gasteiger partial charge is 0.146 e. The Kier molecular flexibility index (Phi) is 4.00. The molecular weight excluding hydrogens is 262 g/mol. The van der Waals surface area contributed by atoms with Crippen LogP contribution >= 0.6 is 11.6 Å². The van der Waals surface area contributed by atoms with E-state index in [2.05, 4.69) is 12.0 Å². The molecule has 0 aliphatic heterocycles. The minimum Gasteiger partial charge on any atom is -0.494 e. The summed E-state index contributed by atoms with van der Waals surface area (Å²) in [5, 5.41) is 5.18. The number of nitrogen functional groups attached to an aromatic ring is 1. The van der Waals surface area contributed by atoms with Crippen LogP contribution in [0.2, 0.25) is 5.02 Å². The lowest BCUT2D eigenvalue weighted by Crippen LogP contribution is -2.05. The monoisotopic (exact) mass is 279 g/mol. The lowest BCUT2D eigenvalue weighted by atomic mass is 10.2. The molecule has 0 radical (unpaired) electrons. The van der Waals surface area contributed by atoms with Gasteiger partial charge in [-0.1, -0.05) is 24.9 Å². The first-order valence-electron chi connectivity index (χ1n) is 6.25. The number of halogens is 1. The number of aryl methyl sites for hydroxylation is 2. The Morgan fingerprint density at radius 1 is 1.37 bits per heavy atom. The summed E-state index contributed by atoms with van der Waals surface area (Å²) < 4.78 is 7.06. The van der Waals surface area contributed by atoms with E-state index in [0.717, 1.165) is 29.8 Å². The summed E-state index contributed by atoms with van der Waals surface area (Å²) in [6.07, 6.45) is 1.94. The standard InChI is InChI=1S/C14H18ClN3O/c1-4-5-10-7-14(16)18(17-10)12-6-9(2)11(15)8-13(12)19-3/h6-8H,4-5,16H2,1-3H3. The van der Waals surface area contributed by atoms with Crippen molar-refractivity contribution < 1.29 is 4.74 Å². The molecule has 1 aromatic heterocycles. The first kappa shape index (κ1) is 13.7. The van der Waals surface area contributed by atoms with Crippen LogP contribution in [0.15, 0.2) is 18.2 Å². The lowest BCUT2D eigenvalue weighted by Gasteiger charge is -2.12.